The number of imide groups is 1. The fourth-order valence-corrected chi connectivity index (χ4v) is 3.27. The van der Waals surface area contributed by atoms with E-state index >= 15 is 0 Å². The van der Waals surface area contributed by atoms with Gasteiger partial charge in [-0.1, -0.05) is 0 Å². The number of aryl methyl sites for hydroxylation is 1. The van der Waals surface area contributed by atoms with E-state index in [4.69, 9.17) is 0 Å². The van der Waals surface area contributed by atoms with Crippen molar-refractivity contribution in [1.29, 1.82) is 0 Å². The van der Waals surface area contributed by atoms with Crippen molar-refractivity contribution in [2.24, 2.45) is 7.05 Å². The van der Waals surface area contributed by atoms with E-state index in [0.29, 0.717) is 11.3 Å². The van der Waals surface area contributed by atoms with Crippen molar-refractivity contribution in [2.75, 3.05) is 6.54 Å². The number of rotatable bonds is 4. The smallest absolute Gasteiger partial charge is 0.325 e. The predicted octanol–water partition coefficient (Wildman–Crippen LogP) is 2.57. The van der Waals surface area contributed by atoms with E-state index in [9.17, 15) is 23.2 Å². The Morgan fingerprint density at radius 3 is 2.44 bits per heavy atom. The Kier molecular flexibility index (Phi) is 4.37. The lowest BCUT2D eigenvalue weighted by molar-refractivity contribution is -0.130. The molecule has 1 N–H and O–H groups in total. The van der Waals surface area contributed by atoms with E-state index in [1.807, 2.05) is 11.5 Å². The summed E-state index contributed by atoms with van der Waals surface area (Å²) in [6, 6.07) is 3.53. The standard InChI is InChI=1S/C19H19F2N3O3/c1-10-7-13(11(2)23(10)4)16(25)9-24-17(26)19(3,22-18(24)27)14-8-12(20)5-6-15(14)21/h5-8H,9H2,1-4H3,(H,22,27)/t19-/m0/s1. The van der Waals surface area contributed by atoms with Crippen LogP contribution in [-0.4, -0.2) is 33.7 Å². The van der Waals surface area contributed by atoms with E-state index in [1.165, 1.54) is 6.92 Å². The molecule has 1 aliphatic rings. The van der Waals surface area contributed by atoms with Crippen LogP contribution in [-0.2, 0) is 17.4 Å². The van der Waals surface area contributed by atoms with E-state index in [2.05, 4.69) is 5.32 Å². The maximum absolute atomic E-state index is 14.2. The van der Waals surface area contributed by atoms with Crippen molar-refractivity contribution in [1.82, 2.24) is 14.8 Å². The molecule has 1 aliphatic heterocycles. The molecule has 0 spiro atoms. The molecule has 8 heteroatoms. The number of nitrogens with zero attached hydrogens (tertiary/aromatic N) is 2. The van der Waals surface area contributed by atoms with Crippen molar-refractivity contribution in [2.45, 2.75) is 26.3 Å². The number of amides is 3. The lowest BCUT2D eigenvalue weighted by atomic mass is 9.91. The van der Waals surface area contributed by atoms with Gasteiger partial charge >= 0.3 is 6.03 Å². The number of Topliss-reactive ketones (excluding diaryl/α,β-unsaturated/α-hetero) is 1. The van der Waals surface area contributed by atoms with Gasteiger partial charge in [-0.05, 0) is 45.0 Å². The number of hydrogen-bond donors (Lipinski definition) is 1. The van der Waals surface area contributed by atoms with Crippen LogP contribution in [0, 0.1) is 25.5 Å². The van der Waals surface area contributed by atoms with E-state index < -0.39 is 41.4 Å². The first-order chi connectivity index (χ1) is 12.6. The lowest BCUT2D eigenvalue weighted by Crippen LogP contribution is -2.42. The van der Waals surface area contributed by atoms with Gasteiger partial charge in [-0.25, -0.2) is 13.6 Å². The number of nitrogens with one attached hydrogen (secondary N) is 1. The maximum Gasteiger partial charge on any atom is 0.325 e. The van der Waals surface area contributed by atoms with Gasteiger partial charge in [0.25, 0.3) is 5.91 Å². The molecule has 1 fully saturated rings. The SMILES string of the molecule is Cc1cc(C(=O)CN2C(=O)N[C@@](C)(c3cc(F)ccc3F)C2=O)c(C)n1C. The minimum absolute atomic E-state index is 0.289. The van der Waals surface area contributed by atoms with Gasteiger partial charge in [-0.2, -0.15) is 0 Å². The Balaban J connectivity index is 1.91. The Bertz CT molecular complexity index is 983. The largest absolute Gasteiger partial charge is 0.351 e. The van der Waals surface area contributed by atoms with Crippen LogP contribution in [0.5, 0.6) is 0 Å². The zero-order valence-electron chi connectivity index (χ0n) is 15.4. The van der Waals surface area contributed by atoms with Crippen molar-refractivity contribution in [3.05, 3.63) is 58.4 Å². The number of ketones is 1. The number of aromatic nitrogens is 1. The number of carbonyl (C=O) groups is 3. The Labute approximate surface area is 154 Å². The van der Waals surface area contributed by atoms with E-state index in [0.717, 1.165) is 28.8 Å². The number of hydrogen-bond acceptors (Lipinski definition) is 3. The summed E-state index contributed by atoms with van der Waals surface area (Å²) in [5, 5.41) is 2.38. The maximum atomic E-state index is 14.2. The second-order valence-electron chi connectivity index (χ2n) is 6.84. The summed E-state index contributed by atoms with van der Waals surface area (Å²) in [6.07, 6.45) is 0. The molecule has 2 aromatic rings. The lowest BCUT2D eigenvalue weighted by Gasteiger charge is -2.22. The molecule has 1 atom stereocenters. The number of halogens is 2. The zero-order chi connectivity index (χ0) is 20.1. The van der Waals surface area contributed by atoms with Crippen LogP contribution in [0.2, 0.25) is 0 Å². The second-order valence-corrected chi connectivity index (χ2v) is 6.84. The Hall–Kier alpha value is -3.03. The third kappa shape index (κ3) is 2.90. The number of benzene rings is 1. The van der Waals surface area contributed by atoms with E-state index in [-0.39, 0.29) is 5.56 Å². The highest BCUT2D eigenvalue weighted by molar-refractivity contribution is 6.11. The molecule has 27 heavy (non-hydrogen) atoms. The second kappa shape index (κ2) is 6.29. The van der Waals surface area contributed by atoms with Gasteiger partial charge in [0.2, 0.25) is 0 Å². The quantitative estimate of drug-likeness (QED) is 0.660. The molecule has 0 bridgehead atoms. The third-order valence-electron chi connectivity index (χ3n) is 5.12. The average molecular weight is 375 g/mol. The highest BCUT2D eigenvalue weighted by atomic mass is 19.1. The molecule has 1 aromatic carbocycles. The van der Waals surface area contributed by atoms with Crippen molar-refractivity contribution in [3.8, 4) is 0 Å². The Morgan fingerprint density at radius 2 is 1.85 bits per heavy atom. The van der Waals surface area contributed by atoms with E-state index in [1.54, 1.807) is 20.0 Å². The molecule has 6 nitrogen and oxygen atoms in total. The highest BCUT2D eigenvalue weighted by Gasteiger charge is 2.51. The summed E-state index contributed by atoms with van der Waals surface area (Å²) in [6.45, 7) is 4.40. The number of urea groups is 1. The first-order valence-electron chi connectivity index (χ1n) is 8.32. The van der Waals surface area contributed by atoms with Gasteiger partial charge in [0.15, 0.2) is 5.78 Å². The van der Waals surface area contributed by atoms with Gasteiger partial charge in [-0.3, -0.25) is 14.5 Å². The first-order valence-corrected chi connectivity index (χ1v) is 8.32. The fraction of sp³-hybridized carbons (Fsp3) is 0.316. The predicted molar refractivity (Wildman–Crippen MR) is 93.2 cm³/mol. The minimum Gasteiger partial charge on any atom is -0.351 e. The molecule has 142 valence electrons. The van der Waals surface area contributed by atoms with Gasteiger partial charge in [0, 0.05) is 29.6 Å². The van der Waals surface area contributed by atoms with Gasteiger partial charge in [0.05, 0.1) is 6.54 Å². The molecule has 3 amide bonds. The Morgan fingerprint density at radius 1 is 1.19 bits per heavy atom. The van der Waals surface area contributed by atoms with Crippen LogP contribution in [0.15, 0.2) is 24.3 Å². The monoisotopic (exact) mass is 375 g/mol. The van der Waals surface area contributed by atoms with Gasteiger partial charge < -0.3 is 9.88 Å². The molecule has 0 saturated carbocycles. The van der Waals surface area contributed by atoms with Crippen LogP contribution < -0.4 is 5.32 Å². The normalized spacial score (nSPS) is 19.6. The summed E-state index contributed by atoms with van der Waals surface area (Å²) >= 11 is 0. The summed E-state index contributed by atoms with van der Waals surface area (Å²) in [5.41, 5.74) is -0.0996. The third-order valence-corrected chi connectivity index (χ3v) is 5.12. The fourth-order valence-electron chi connectivity index (χ4n) is 3.27. The van der Waals surface area contributed by atoms with Gasteiger partial charge in [0.1, 0.15) is 17.2 Å². The molecular formula is C19H19F2N3O3. The molecule has 1 saturated heterocycles. The van der Waals surface area contributed by atoms with Crippen molar-refractivity contribution in [3.63, 3.8) is 0 Å². The first kappa shape index (κ1) is 18.8. The van der Waals surface area contributed by atoms with Crippen LogP contribution in [0.4, 0.5) is 13.6 Å². The van der Waals surface area contributed by atoms with Gasteiger partial charge in [-0.15, -0.1) is 0 Å². The molecule has 0 radical (unpaired) electrons. The van der Waals surface area contributed by atoms with Crippen LogP contribution >= 0.6 is 0 Å². The number of carbonyl (C=O) groups excluding carboxylic acids is 3. The topological polar surface area (TPSA) is 71.4 Å². The van der Waals surface area contributed by atoms with Crippen molar-refractivity contribution >= 4 is 17.7 Å². The highest BCUT2D eigenvalue weighted by Crippen LogP contribution is 2.31. The average Bonchev–Trinajstić information content (AvgIpc) is 2.99. The van der Waals surface area contributed by atoms with Crippen LogP contribution in [0.1, 0.15) is 34.2 Å². The summed E-state index contributed by atoms with van der Waals surface area (Å²) in [7, 11) is 1.80. The molecule has 2 heterocycles. The van der Waals surface area contributed by atoms with Crippen LogP contribution in [0.3, 0.4) is 0 Å². The summed E-state index contributed by atoms with van der Waals surface area (Å²) in [5.74, 6) is -2.78. The minimum atomic E-state index is -1.79. The molecule has 3 rings (SSSR count). The molecule has 1 aromatic heterocycles. The molecule has 0 aliphatic carbocycles. The molecule has 0 unspecified atom stereocenters. The summed E-state index contributed by atoms with van der Waals surface area (Å²) < 4.78 is 29.5. The zero-order valence-corrected chi connectivity index (χ0v) is 15.4. The van der Waals surface area contributed by atoms with Crippen molar-refractivity contribution < 1.29 is 23.2 Å². The van der Waals surface area contributed by atoms with Crippen LogP contribution in [0.25, 0.3) is 0 Å². The molecular weight excluding hydrogens is 356 g/mol. The summed E-state index contributed by atoms with van der Waals surface area (Å²) in [4.78, 5) is 38.5.